The zero-order valence-electron chi connectivity index (χ0n) is 16.7. The van der Waals surface area contributed by atoms with Crippen LogP contribution >= 0.6 is 0 Å². The van der Waals surface area contributed by atoms with E-state index in [4.69, 9.17) is 9.47 Å². The number of hydrogen-bond donors (Lipinski definition) is 1. The molecule has 0 radical (unpaired) electrons. The molecule has 2 rings (SSSR count). The van der Waals surface area contributed by atoms with Crippen LogP contribution in [-0.2, 0) is 0 Å². The van der Waals surface area contributed by atoms with Crippen LogP contribution in [0.5, 0.6) is 11.5 Å². The number of nitrogens with zero attached hydrogens (tertiary/aromatic N) is 4. The molecule has 1 aliphatic rings. The van der Waals surface area contributed by atoms with Gasteiger partial charge in [0.15, 0.2) is 5.96 Å². The molecule has 0 spiro atoms. The van der Waals surface area contributed by atoms with E-state index < -0.39 is 0 Å². The van der Waals surface area contributed by atoms with Gasteiger partial charge < -0.3 is 24.6 Å². The summed E-state index contributed by atoms with van der Waals surface area (Å²) < 4.78 is 11.0. The van der Waals surface area contributed by atoms with Gasteiger partial charge in [-0.2, -0.15) is 0 Å². The summed E-state index contributed by atoms with van der Waals surface area (Å²) in [5.74, 6) is 2.57. The number of nitrogens with one attached hydrogen (secondary N) is 1. The highest BCUT2D eigenvalue weighted by Crippen LogP contribution is 2.16. The van der Waals surface area contributed by atoms with Gasteiger partial charge in [0.05, 0.1) is 13.7 Å². The molecule has 26 heavy (non-hydrogen) atoms. The third kappa shape index (κ3) is 6.07. The standard InChI is InChI=1S/C19H33N5O2/c1-20-19(21-14-16-15-22(2)10-11-23(16)3)24(4)12-13-26-18-8-6-17(25-5)7-9-18/h6-9,16H,10-15H2,1-5H3,(H,20,21). The van der Waals surface area contributed by atoms with E-state index in [1.165, 1.54) is 0 Å². The van der Waals surface area contributed by atoms with Gasteiger partial charge in [0.2, 0.25) is 0 Å². The average Bonchev–Trinajstić information content (AvgIpc) is 2.65. The maximum atomic E-state index is 5.80. The lowest BCUT2D eigenvalue weighted by Crippen LogP contribution is -2.55. The largest absolute Gasteiger partial charge is 0.497 e. The topological polar surface area (TPSA) is 52.6 Å². The van der Waals surface area contributed by atoms with E-state index in [-0.39, 0.29) is 0 Å². The normalized spacial score (nSPS) is 19.3. The van der Waals surface area contributed by atoms with Crippen LogP contribution < -0.4 is 14.8 Å². The molecule has 7 heteroatoms. The molecular weight excluding hydrogens is 330 g/mol. The summed E-state index contributed by atoms with van der Waals surface area (Å²) in [6.07, 6.45) is 0. The Hall–Kier alpha value is -1.99. The Labute approximate surface area is 157 Å². The first-order valence-electron chi connectivity index (χ1n) is 9.11. The van der Waals surface area contributed by atoms with Crippen LogP contribution in [0.1, 0.15) is 0 Å². The van der Waals surface area contributed by atoms with Gasteiger partial charge in [-0.25, -0.2) is 0 Å². The highest BCUT2D eigenvalue weighted by atomic mass is 16.5. The van der Waals surface area contributed by atoms with Crippen molar-refractivity contribution in [2.75, 3.05) is 74.6 Å². The van der Waals surface area contributed by atoms with Crippen LogP contribution in [0.4, 0.5) is 0 Å². The number of guanidine groups is 1. The molecule has 0 bridgehead atoms. The lowest BCUT2D eigenvalue weighted by Gasteiger charge is -2.38. The number of rotatable bonds is 7. The third-order valence-corrected chi connectivity index (χ3v) is 4.80. The van der Waals surface area contributed by atoms with Crippen LogP contribution in [0, 0.1) is 0 Å². The smallest absolute Gasteiger partial charge is 0.193 e. The van der Waals surface area contributed by atoms with Crippen molar-refractivity contribution < 1.29 is 9.47 Å². The first kappa shape index (κ1) is 20.3. The fourth-order valence-electron chi connectivity index (χ4n) is 2.99. The molecule has 0 aromatic heterocycles. The lowest BCUT2D eigenvalue weighted by atomic mass is 10.2. The quantitative estimate of drug-likeness (QED) is 0.572. The Morgan fingerprint density at radius 2 is 1.92 bits per heavy atom. The maximum absolute atomic E-state index is 5.80. The Morgan fingerprint density at radius 1 is 1.23 bits per heavy atom. The fourth-order valence-corrected chi connectivity index (χ4v) is 2.99. The second kappa shape index (κ2) is 10.2. The van der Waals surface area contributed by atoms with E-state index >= 15 is 0 Å². The third-order valence-electron chi connectivity index (χ3n) is 4.80. The molecule has 1 unspecified atom stereocenters. The van der Waals surface area contributed by atoms with Crippen LogP contribution in [-0.4, -0.2) is 101 Å². The molecule has 1 aliphatic heterocycles. The summed E-state index contributed by atoms with van der Waals surface area (Å²) in [5, 5.41) is 3.49. The SMILES string of the molecule is CN=C(NCC1CN(C)CCN1C)N(C)CCOc1ccc(OC)cc1. The zero-order valence-corrected chi connectivity index (χ0v) is 16.7. The summed E-state index contributed by atoms with van der Waals surface area (Å²) >= 11 is 0. The molecule has 146 valence electrons. The summed E-state index contributed by atoms with van der Waals surface area (Å²) in [5.41, 5.74) is 0. The minimum absolute atomic E-state index is 0.495. The number of aliphatic imine (C=N–C) groups is 1. The number of hydrogen-bond acceptors (Lipinski definition) is 5. The van der Waals surface area contributed by atoms with E-state index in [1.54, 1.807) is 7.11 Å². The van der Waals surface area contributed by atoms with Gasteiger partial charge in [0.25, 0.3) is 0 Å². The summed E-state index contributed by atoms with van der Waals surface area (Å²) in [6.45, 7) is 5.54. The Morgan fingerprint density at radius 3 is 2.58 bits per heavy atom. The molecule has 1 fully saturated rings. The van der Waals surface area contributed by atoms with E-state index in [0.717, 1.165) is 50.2 Å². The molecule has 0 saturated carbocycles. The predicted molar refractivity (Wildman–Crippen MR) is 106 cm³/mol. The van der Waals surface area contributed by atoms with E-state index in [0.29, 0.717) is 12.6 Å². The van der Waals surface area contributed by atoms with Gasteiger partial charge in [0.1, 0.15) is 18.1 Å². The van der Waals surface area contributed by atoms with E-state index in [2.05, 4.69) is 39.1 Å². The van der Waals surface area contributed by atoms with Crippen molar-refractivity contribution in [3.8, 4) is 11.5 Å². The lowest BCUT2D eigenvalue weighted by molar-refractivity contribution is 0.116. The molecule has 0 amide bonds. The molecule has 1 saturated heterocycles. The van der Waals surface area contributed by atoms with Crippen molar-refractivity contribution >= 4 is 5.96 Å². The van der Waals surface area contributed by atoms with Gasteiger partial charge in [-0.3, -0.25) is 9.89 Å². The van der Waals surface area contributed by atoms with Crippen LogP contribution in [0.3, 0.4) is 0 Å². The minimum atomic E-state index is 0.495. The van der Waals surface area contributed by atoms with Gasteiger partial charge in [-0.15, -0.1) is 0 Å². The monoisotopic (exact) mass is 363 g/mol. The van der Waals surface area contributed by atoms with Crippen LogP contribution in [0.25, 0.3) is 0 Å². The zero-order chi connectivity index (χ0) is 18.9. The van der Waals surface area contributed by atoms with Gasteiger partial charge >= 0.3 is 0 Å². The number of ether oxygens (including phenoxy) is 2. The maximum Gasteiger partial charge on any atom is 0.193 e. The first-order chi connectivity index (χ1) is 12.5. The van der Waals surface area contributed by atoms with Crippen molar-refractivity contribution in [3.63, 3.8) is 0 Å². The molecule has 1 aromatic rings. The summed E-state index contributed by atoms with van der Waals surface area (Å²) in [6, 6.07) is 8.13. The average molecular weight is 364 g/mol. The van der Waals surface area contributed by atoms with Gasteiger partial charge in [-0.05, 0) is 38.4 Å². The number of piperazine rings is 1. The van der Waals surface area contributed by atoms with Crippen molar-refractivity contribution in [2.24, 2.45) is 4.99 Å². The molecule has 7 nitrogen and oxygen atoms in total. The van der Waals surface area contributed by atoms with Crippen molar-refractivity contribution in [1.82, 2.24) is 20.0 Å². The van der Waals surface area contributed by atoms with Crippen LogP contribution in [0.15, 0.2) is 29.3 Å². The van der Waals surface area contributed by atoms with Crippen molar-refractivity contribution in [1.29, 1.82) is 0 Å². The second-order valence-corrected chi connectivity index (χ2v) is 6.77. The predicted octanol–water partition coefficient (Wildman–Crippen LogP) is 0.827. The first-order valence-corrected chi connectivity index (χ1v) is 9.11. The molecule has 1 N–H and O–H groups in total. The highest BCUT2D eigenvalue weighted by molar-refractivity contribution is 5.79. The second-order valence-electron chi connectivity index (χ2n) is 6.77. The summed E-state index contributed by atoms with van der Waals surface area (Å²) in [7, 11) is 9.88. The number of benzene rings is 1. The fraction of sp³-hybridized carbons (Fsp3) is 0.632. The molecular formula is C19H33N5O2. The number of likely N-dealkylation sites (N-methyl/N-ethyl adjacent to an activating group) is 3. The summed E-state index contributed by atoms with van der Waals surface area (Å²) in [4.78, 5) is 11.3. The number of methoxy groups -OCH3 is 1. The minimum Gasteiger partial charge on any atom is -0.497 e. The molecule has 1 aromatic carbocycles. The van der Waals surface area contributed by atoms with Crippen molar-refractivity contribution in [2.45, 2.75) is 6.04 Å². The molecule has 1 atom stereocenters. The van der Waals surface area contributed by atoms with Gasteiger partial charge in [0, 0.05) is 46.3 Å². The molecule has 1 heterocycles. The van der Waals surface area contributed by atoms with Crippen molar-refractivity contribution in [3.05, 3.63) is 24.3 Å². The molecule has 0 aliphatic carbocycles. The van der Waals surface area contributed by atoms with Gasteiger partial charge in [-0.1, -0.05) is 0 Å². The Bertz CT molecular complexity index is 564. The van der Waals surface area contributed by atoms with E-state index in [1.807, 2.05) is 38.4 Å². The highest BCUT2D eigenvalue weighted by Gasteiger charge is 2.22. The van der Waals surface area contributed by atoms with E-state index in [9.17, 15) is 0 Å². The Balaban J connectivity index is 1.74. The Kier molecular flexibility index (Phi) is 8.00. The van der Waals surface area contributed by atoms with Crippen LogP contribution in [0.2, 0.25) is 0 Å².